The average Bonchev–Trinajstić information content (AvgIpc) is 2.64. The summed E-state index contributed by atoms with van der Waals surface area (Å²) in [6.07, 6.45) is 1.59. The Hall–Kier alpha value is -2.70. The summed E-state index contributed by atoms with van der Waals surface area (Å²) in [5, 5.41) is 12.6. The topological polar surface area (TPSA) is 84.9 Å². The van der Waals surface area contributed by atoms with Gasteiger partial charge in [-0.15, -0.1) is 0 Å². The van der Waals surface area contributed by atoms with Crippen LogP contribution in [0.3, 0.4) is 0 Å². The van der Waals surface area contributed by atoms with Crippen LogP contribution in [0, 0.1) is 0 Å². The number of benzene rings is 2. The van der Waals surface area contributed by atoms with Crippen LogP contribution in [0.25, 0.3) is 6.08 Å². The number of anilines is 1. The summed E-state index contributed by atoms with van der Waals surface area (Å²) < 4.78 is 10.1. The summed E-state index contributed by atoms with van der Waals surface area (Å²) in [5.41, 5.74) is 0.938. The molecule has 0 radical (unpaired) electrons. The van der Waals surface area contributed by atoms with Crippen molar-refractivity contribution >= 4 is 46.8 Å². The predicted molar refractivity (Wildman–Crippen MR) is 104 cm³/mol. The third-order valence-electron chi connectivity index (χ3n) is 3.49. The van der Waals surface area contributed by atoms with Crippen LogP contribution in [0.2, 0.25) is 10.0 Å². The van der Waals surface area contributed by atoms with E-state index in [4.69, 9.17) is 32.7 Å². The van der Waals surface area contributed by atoms with Gasteiger partial charge in [0.05, 0.1) is 22.8 Å². The SMILES string of the molecule is COc1cc(C=CC(=O)OC(C)C(=O)Nc2cccc(Cl)c2Cl)ccc1O. The molecule has 0 bridgehead atoms. The first kappa shape index (κ1) is 20.6. The zero-order valence-electron chi connectivity index (χ0n) is 14.5. The first-order chi connectivity index (χ1) is 12.8. The fourth-order valence-corrected chi connectivity index (χ4v) is 2.41. The van der Waals surface area contributed by atoms with E-state index in [1.807, 2.05) is 0 Å². The summed E-state index contributed by atoms with van der Waals surface area (Å²) >= 11 is 11.9. The van der Waals surface area contributed by atoms with Crippen LogP contribution in [0.15, 0.2) is 42.5 Å². The van der Waals surface area contributed by atoms with E-state index >= 15 is 0 Å². The highest BCUT2D eigenvalue weighted by atomic mass is 35.5. The first-order valence-electron chi connectivity index (χ1n) is 7.82. The van der Waals surface area contributed by atoms with E-state index in [2.05, 4.69) is 5.32 Å². The summed E-state index contributed by atoms with van der Waals surface area (Å²) in [6.45, 7) is 1.43. The molecule has 2 rings (SSSR count). The Labute approximate surface area is 166 Å². The lowest BCUT2D eigenvalue weighted by atomic mass is 10.2. The van der Waals surface area contributed by atoms with E-state index in [1.54, 1.807) is 30.3 Å². The van der Waals surface area contributed by atoms with Gasteiger partial charge in [0.15, 0.2) is 17.6 Å². The van der Waals surface area contributed by atoms with Gasteiger partial charge in [-0.05, 0) is 42.8 Å². The molecule has 1 amide bonds. The van der Waals surface area contributed by atoms with Crippen LogP contribution >= 0.6 is 23.2 Å². The Balaban J connectivity index is 1.96. The smallest absolute Gasteiger partial charge is 0.331 e. The van der Waals surface area contributed by atoms with E-state index < -0.39 is 18.0 Å². The molecule has 6 nitrogen and oxygen atoms in total. The van der Waals surface area contributed by atoms with Gasteiger partial charge in [-0.3, -0.25) is 4.79 Å². The summed E-state index contributed by atoms with van der Waals surface area (Å²) in [6, 6.07) is 9.39. The fourth-order valence-electron chi connectivity index (χ4n) is 2.06. The molecule has 2 N–H and O–H groups in total. The molecular formula is C19H17Cl2NO5. The zero-order chi connectivity index (χ0) is 20.0. The summed E-state index contributed by atoms with van der Waals surface area (Å²) in [5.74, 6) is -0.993. The molecule has 0 aliphatic rings. The number of amides is 1. The highest BCUT2D eigenvalue weighted by Gasteiger charge is 2.18. The molecule has 0 aliphatic carbocycles. The van der Waals surface area contributed by atoms with Gasteiger partial charge in [0.1, 0.15) is 0 Å². The van der Waals surface area contributed by atoms with E-state index in [9.17, 15) is 14.7 Å². The van der Waals surface area contributed by atoms with Gasteiger partial charge in [0.2, 0.25) is 0 Å². The second kappa shape index (κ2) is 9.30. The molecule has 2 aromatic rings. The van der Waals surface area contributed by atoms with Gasteiger partial charge >= 0.3 is 5.97 Å². The van der Waals surface area contributed by atoms with Crippen LogP contribution in [0.4, 0.5) is 5.69 Å². The molecular weight excluding hydrogens is 393 g/mol. The number of carbonyl (C=O) groups is 2. The quantitative estimate of drug-likeness (QED) is 0.548. The van der Waals surface area contributed by atoms with Crippen LogP contribution in [-0.4, -0.2) is 30.2 Å². The minimum atomic E-state index is -1.05. The number of halogens is 2. The van der Waals surface area contributed by atoms with Crippen molar-refractivity contribution in [2.75, 3.05) is 12.4 Å². The van der Waals surface area contributed by atoms with Gasteiger partial charge in [0, 0.05) is 6.08 Å². The molecule has 0 heterocycles. The number of hydrogen-bond donors (Lipinski definition) is 2. The van der Waals surface area contributed by atoms with Gasteiger partial charge in [-0.2, -0.15) is 0 Å². The molecule has 0 saturated carbocycles. The standard InChI is InChI=1S/C19H17Cl2NO5/c1-11(19(25)22-14-5-3-4-13(20)18(14)21)27-17(24)9-7-12-6-8-15(23)16(10-12)26-2/h3-11,23H,1-2H3,(H,22,25). The van der Waals surface area contributed by atoms with E-state index in [-0.39, 0.29) is 16.5 Å². The molecule has 0 aliphatic heterocycles. The third-order valence-corrected chi connectivity index (χ3v) is 4.31. The van der Waals surface area contributed by atoms with Gasteiger partial charge < -0.3 is 19.9 Å². The number of phenolic OH excluding ortho intramolecular Hbond substituents is 1. The van der Waals surface area contributed by atoms with Crippen molar-refractivity contribution in [3.05, 3.63) is 58.1 Å². The average molecular weight is 410 g/mol. The maximum atomic E-state index is 12.1. The van der Waals surface area contributed by atoms with Gasteiger partial charge in [-0.1, -0.05) is 35.3 Å². The van der Waals surface area contributed by atoms with Gasteiger partial charge in [-0.25, -0.2) is 4.79 Å². The number of nitrogens with one attached hydrogen (secondary N) is 1. The molecule has 27 heavy (non-hydrogen) atoms. The lowest BCUT2D eigenvalue weighted by Crippen LogP contribution is -2.29. The highest BCUT2D eigenvalue weighted by Crippen LogP contribution is 2.29. The Bertz CT molecular complexity index is 882. The summed E-state index contributed by atoms with van der Waals surface area (Å²) in [7, 11) is 1.42. The van der Waals surface area contributed by atoms with Crippen molar-refractivity contribution in [1.82, 2.24) is 0 Å². The number of ether oxygens (including phenoxy) is 2. The van der Waals surface area contributed by atoms with Crippen molar-refractivity contribution in [2.45, 2.75) is 13.0 Å². The van der Waals surface area contributed by atoms with Crippen molar-refractivity contribution in [1.29, 1.82) is 0 Å². The molecule has 0 saturated heterocycles. The predicted octanol–water partition coefficient (Wildman–Crippen LogP) is 4.29. The number of aromatic hydroxyl groups is 1. The fraction of sp³-hybridized carbons (Fsp3) is 0.158. The highest BCUT2D eigenvalue weighted by molar-refractivity contribution is 6.44. The van der Waals surface area contributed by atoms with Crippen molar-refractivity contribution in [3.63, 3.8) is 0 Å². The lowest BCUT2D eigenvalue weighted by molar-refractivity contribution is -0.148. The lowest BCUT2D eigenvalue weighted by Gasteiger charge is -2.13. The monoisotopic (exact) mass is 409 g/mol. The van der Waals surface area contributed by atoms with Crippen molar-refractivity contribution in [3.8, 4) is 11.5 Å². The molecule has 0 spiro atoms. The molecule has 1 atom stereocenters. The van der Waals surface area contributed by atoms with Crippen LogP contribution in [-0.2, 0) is 14.3 Å². The Morgan fingerprint density at radius 2 is 1.96 bits per heavy atom. The Morgan fingerprint density at radius 1 is 1.22 bits per heavy atom. The molecule has 2 aromatic carbocycles. The van der Waals surface area contributed by atoms with Crippen LogP contribution in [0.1, 0.15) is 12.5 Å². The molecule has 0 fully saturated rings. The molecule has 142 valence electrons. The normalized spacial score (nSPS) is 11.9. The van der Waals surface area contributed by atoms with Gasteiger partial charge in [0.25, 0.3) is 5.91 Å². The summed E-state index contributed by atoms with van der Waals surface area (Å²) in [4.78, 5) is 24.1. The second-order valence-corrected chi connectivity index (χ2v) is 6.22. The minimum Gasteiger partial charge on any atom is -0.504 e. The number of carbonyl (C=O) groups excluding carboxylic acids is 2. The molecule has 0 aromatic heterocycles. The Kier molecular flexibility index (Phi) is 7.10. The molecule has 8 heteroatoms. The van der Waals surface area contributed by atoms with Crippen LogP contribution < -0.4 is 10.1 Å². The Morgan fingerprint density at radius 3 is 2.67 bits per heavy atom. The largest absolute Gasteiger partial charge is 0.504 e. The van der Waals surface area contributed by atoms with Crippen molar-refractivity contribution < 1.29 is 24.2 Å². The third kappa shape index (κ3) is 5.64. The maximum absolute atomic E-state index is 12.1. The number of phenols is 1. The maximum Gasteiger partial charge on any atom is 0.331 e. The number of rotatable bonds is 6. The number of methoxy groups -OCH3 is 1. The second-order valence-electron chi connectivity index (χ2n) is 5.43. The van der Waals surface area contributed by atoms with E-state index in [0.717, 1.165) is 0 Å². The zero-order valence-corrected chi connectivity index (χ0v) is 16.0. The van der Waals surface area contributed by atoms with E-state index in [0.29, 0.717) is 16.3 Å². The minimum absolute atomic E-state index is 0.0119. The first-order valence-corrected chi connectivity index (χ1v) is 8.58. The van der Waals surface area contributed by atoms with Crippen LogP contribution in [0.5, 0.6) is 11.5 Å². The van der Waals surface area contributed by atoms with E-state index in [1.165, 1.54) is 32.3 Å². The molecule has 1 unspecified atom stereocenters. The van der Waals surface area contributed by atoms with Crippen molar-refractivity contribution in [2.24, 2.45) is 0 Å². The number of esters is 1. The number of hydrogen-bond acceptors (Lipinski definition) is 5.